The van der Waals surface area contributed by atoms with Gasteiger partial charge >= 0.3 is 0 Å². The normalized spacial score (nSPS) is 18.8. The number of aryl methyl sites for hydroxylation is 2. The van der Waals surface area contributed by atoms with Crippen LogP contribution in [-0.2, 0) is 4.79 Å². The molecule has 0 spiro atoms. The molecule has 2 aromatic carbocycles. The molecule has 2 atom stereocenters. The van der Waals surface area contributed by atoms with Gasteiger partial charge in [0.15, 0.2) is 0 Å². The van der Waals surface area contributed by atoms with Crippen LogP contribution in [0.1, 0.15) is 72.4 Å². The van der Waals surface area contributed by atoms with Crippen LogP contribution in [0.15, 0.2) is 48.5 Å². The number of nitrogens with zero attached hydrogens (tertiary/aromatic N) is 2. The molecule has 2 heterocycles. The second-order valence-corrected chi connectivity index (χ2v) is 9.24. The van der Waals surface area contributed by atoms with E-state index >= 15 is 0 Å². The minimum absolute atomic E-state index is 0.134. The van der Waals surface area contributed by atoms with Gasteiger partial charge in [0, 0.05) is 39.0 Å². The SMILES string of the molecule is CC.CC.CC(=O)N1CCC(Oc2ccc(C)cc2)C1.Cc1ccc(OC2CCN(C(C)C)C2)cc1. The Morgan fingerprint density at radius 3 is 1.53 bits per heavy atom. The van der Waals surface area contributed by atoms with Gasteiger partial charge in [0.2, 0.25) is 5.91 Å². The van der Waals surface area contributed by atoms with Gasteiger partial charge in [-0.1, -0.05) is 63.1 Å². The molecule has 2 aliphatic rings. The van der Waals surface area contributed by atoms with Crippen molar-refractivity contribution in [2.75, 3.05) is 26.2 Å². The summed E-state index contributed by atoms with van der Waals surface area (Å²) in [7, 11) is 0. The Morgan fingerprint density at radius 1 is 0.750 bits per heavy atom. The van der Waals surface area contributed by atoms with Crippen LogP contribution in [0.5, 0.6) is 11.5 Å². The predicted octanol–water partition coefficient (Wildman–Crippen LogP) is 6.90. The number of hydrogen-bond donors (Lipinski definition) is 0. The Balaban J connectivity index is 0.000000317. The molecule has 5 nitrogen and oxygen atoms in total. The van der Waals surface area contributed by atoms with E-state index in [-0.39, 0.29) is 12.0 Å². The van der Waals surface area contributed by atoms with Crippen molar-refractivity contribution in [2.45, 2.75) is 93.4 Å². The van der Waals surface area contributed by atoms with Gasteiger partial charge in [-0.2, -0.15) is 0 Å². The molecule has 202 valence electrons. The lowest BCUT2D eigenvalue weighted by atomic mass is 10.2. The van der Waals surface area contributed by atoms with Crippen molar-refractivity contribution < 1.29 is 14.3 Å². The van der Waals surface area contributed by atoms with Crippen molar-refractivity contribution in [3.05, 3.63) is 59.7 Å². The highest BCUT2D eigenvalue weighted by molar-refractivity contribution is 5.73. The molecule has 2 saturated heterocycles. The van der Waals surface area contributed by atoms with Gasteiger partial charge in [-0.25, -0.2) is 0 Å². The van der Waals surface area contributed by atoms with Gasteiger partial charge in [0.25, 0.3) is 0 Å². The maximum absolute atomic E-state index is 11.2. The van der Waals surface area contributed by atoms with E-state index in [9.17, 15) is 4.79 Å². The van der Waals surface area contributed by atoms with Crippen LogP contribution in [0, 0.1) is 13.8 Å². The smallest absolute Gasteiger partial charge is 0.219 e. The number of benzene rings is 2. The van der Waals surface area contributed by atoms with Crippen molar-refractivity contribution in [1.29, 1.82) is 0 Å². The monoisotopic (exact) mass is 498 g/mol. The van der Waals surface area contributed by atoms with Crippen LogP contribution in [-0.4, -0.2) is 60.1 Å². The first kappa shape index (κ1) is 31.5. The number of rotatable bonds is 5. The van der Waals surface area contributed by atoms with E-state index in [1.165, 1.54) is 11.1 Å². The van der Waals surface area contributed by atoms with Gasteiger partial charge in [-0.05, 0) is 58.4 Å². The lowest BCUT2D eigenvalue weighted by Crippen LogP contribution is -2.30. The number of amides is 1. The number of ether oxygens (including phenoxy) is 2. The average molecular weight is 499 g/mol. The molecule has 0 bridgehead atoms. The summed E-state index contributed by atoms with van der Waals surface area (Å²) in [6.45, 7) is 22.0. The van der Waals surface area contributed by atoms with E-state index in [2.05, 4.69) is 56.9 Å². The maximum atomic E-state index is 11.2. The fraction of sp³-hybridized carbons (Fsp3) is 0.581. The molecule has 2 unspecified atom stereocenters. The largest absolute Gasteiger partial charge is 0.489 e. The zero-order valence-electron chi connectivity index (χ0n) is 24.2. The highest BCUT2D eigenvalue weighted by Gasteiger charge is 2.26. The molecule has 0 radical (unpaired) electrons. The van der Waals surface area contributed by atoms with Crippen LogP contribution in [0.4, 0.5) is 0 Å². The van der Waals surface area contributed by atoms with Gasteiger partial charge in [0.1, 0.15) is 23.7 Å². The lowest BCUT2D eigenvalue weighted by Gasteiger charge is -2.20. The summed E-state index contributed by atoms with van der Waals surface area (Å²) in [4.78, 5) is 15.5. The molecule has 1 amide bonds. The van der Waals surface area contributed by atoms with E-state index in [4.69, 9.17) is 9.47 Å². The minimum atomic E-state index is 0.134. The standard InChI is InChI=1S/C14H21NO.C13H17NO2.2C2H6/c1-11(2)15-9-8-14(10-15)16-13-6-4-12(3)5-7-13;1-10-3-5-12(6-4-10)16-13-7-8-14(9-13)11(2)15;2*1-2/h4-7,11,14H,8-10H2,1-3H3;3-6,13H,7-9H2,1-2H3;2*1-2H3. The molecular weight excluding hydrogens is 448 g/mol. The zero-order chi connectivity index (χ0) is 27.1. The van der Waals surface area contributed by atoms with Crippen LogP contribution >= 0.6 is 0 Å². The van der Waals surface area contributed by atoms with Crippen LogP contribution in [0.3, 0.4) is 0 Å². The number of likely N-dealkylation sites (tertiary alicyclic amines) is 2. The topological polar surface area (TPSA) is 42.0 Å². The van der Waals surface area contributed by atoms with E-state index in [1.54, 1.807) is 6.92 Å². The summed E-state index contributed by atoms with van der Waals surface area (Å²) in [5.41, 5.74) is 2.51. The summed E-state index contributed by atoms with van der Waals surface area (Å²) in [6.07, 6.45) is 2.58. The van der Waals surface area contributed by atoms with E-state index in [0.29, 0.717) is 18.7 Å². The van der Waals surface area contributed by atoms with Gasteiger partial charge in [0.05, 0.1) is 6.54 Å². The van der Waals surface area contributed by atoms with E-state index in [1.807, 2.05) is 56.9 Å². The maximum Gasteiger partial charge on any atom is 0.219 e. The summed E-state index contributed by atoms with van der Waals surface area (Å²) in [5, 5.41) is 0. The summed E-state index contributed by atoms with van der Waals surface area (Å²) in [5.74, 6) is 2.03. The summed E-state index contributed by atoms with van der Waals surface area (Å²) >= 11 is 0. The molecule has 5 heteroatoms. The van der Waals surface area contributed by atoms with Gasteiger partial charge in [-0.15, -0.1) is 0 Å². The Morgan fingerprint density at radius 2 is 1.17 bits per heavy atom. The van der Waals surface area contributed by atoms with Crippen molar-refractivity contribution in [2.24, 2.45) is 0 Å². The highest BCUT2D eigenvalue weighted by atomic mass is 16.5. The van der Waals surface area contributed by atoms with E-state index < -0.39 is 0 Å². The fourth-order valence-electron chi connectivity index (χ4n) is 4.05. The minimum Gasteiger partial charge on any atom is -0.489 e. The van der Waals surface area contributed by atoms with Gasteiger partial charge in [-0.3, -0.25) is 9.69 Å². The third-order valence-corrected chi connectivity index (χ3v) is 6.14. The molecule has 4 rings (SSSR count). The average Bonchev–Trinajstić information content (AvgIpc) is 3.55. The van der Waals surface area contributed by atoms with Crippen LogP contribution < -0.4 is 9.47 Å². The van der Waals surface area contributed by atoms with Crippen molar-refractivity contribution >= 4 is 5.91 Å². The Labute approximate surface area is 220 Å². The molecular formula is C31H50N2O3. The zero-order valence-corrected chi connectivity index (χ0v) is 24.2. The molecule has 0 aliphatic carbocycles. The second-order valence-electron chi connectivity index (χ2n) is 9.24. The summed E-state index contributed by atoms with van der Waals surface area (Å²) < 4.78 is 11.8. The van der Waals surface area contributed by atoms with Crippen molar-refractivity contribution in [3.8, 4) is 11.5 Å². The molecule has 0 aromatic heterocycles. The fourth-order valence-corrected chi connectivity index (χ4v) is 4.05. The highest BCUT2D eigenvalue weighted by Crippen LogP contribution is 2.20. The van der Waals surface area contributed by atoms with Crippen LogP contribution in [0.25, 0.3) is 0 Å². The second kappa shape index (κ2) is 17.0. The quantitative estimate of drug-likeness (QED) is 0.449. The molecule has 36 heavy (non-hydrogen) atoms. The predicted molar refractivity (Wildman–Crippen MR) is 152 cm³/mol. The first-order chi connectivity index (χ1) is 17.3. The first-order valence-corrected chi connectivity index (χ1v) is 13.8. The first-order valence-electron chi connectivity index (χ1n) is 13.8. The molecule has 2 aliphatic heterocycles. The van der Waals surface area contributed by atoms with Crippen molar-refractivity contribution in [1.82, 2.24) is 9.80 Å². The molecule has 2 fully saturated rings. The van der Waals surface area contributed by atoms with E-state index in [0.717, 1.165) is 44.0 Å². The number of carbonyl (C=O) groups excluding carboxylic acids is 1. The Kier molecular flexibility index (Phi) is 14.9. The molecule has 0 saturated carbocycles. The summed E-state index contributed by atoms with van der Waals surface area (Å²) in [6, 6.07) is 17.0. The lowest BCUT2D eigenvalue weighted by molar-refractivity contribution is -0.128. The Hall–Kier alpha value is -2.53. The third kappa shape index (κ3) is 11.0. The number of carbonyl (C=O) groups is 1. The van der Waals surface area contributed by atoms with Crippen molar-refractivity contribution in [3.63, 3.8) is 0 Å². The number of hydrogen-bond acceptors (Lipinski definition) is 4. The van der Waals surface area contributed by atoms with Gasteiger partial charge < -0.3 is 14.4 Å². The molecule has 2 aromatic rings. The van der Waals surface area contributed by atoms with Crippen LogP contribution in [0.2, 0.25) is 0 Å². The Bertz CT molecular complexity index is 849. The molecule has 0 N–H and O–H groups in total. The third-order valence-electron chi connectivity index (χ3n) is 6.14.